The fourth-order valence-corrected chi connectivity index (χ4v) is 3.55. The molecule has 0 bridgehead atoms. The van der Waals surface area contributed by atoms with Gasteiger partial charge < -0.3 is 4.74 Å². The molecule has 2 aliphatic rings. The average molecular weight is 253 g/mol. The van der Waals surface area contributed by atoms with Crippen LogP contribution in [0.15, 0.2) is 0 Å². The number of rotatable bonds is 2. The number of nitrogens with zero attached hydrogens (tertiary/aromatic N) is 1. The fourth-order valence-electron chi connectivity index (χ4n) is 3.55. The van der Waals surface area contributed by atoms with Crippen molar-refractivity contribution in [2.24, 2.45) is 11.3 Å². The number of ether oxygens (including phenoxy) is 1. The van der Waals surface area contributed by atoms with E-state index in [-0.39, 0.29) is 23.0 Å². The fraction of sp³-hybridized carbons (Fsp3) is 0.933. The molecule has 0 aromatic rings. The number of carbonyl (C=O) groups excluding carboxylic acids is 1. The predicted octanol–water partition coefficient (Wildman–Crippen LogP) is 2.49. The third-order valence-corrected chi connectivity index (χ3v) is 4.27. The quantitative estimate of drug-likeness (QED) is 0.757. The van der Waals surface area contributed by atoms with E-state index in [4.69, 9.17) is 4.74 Å². The van der Waals surface area contributed by atoms with E-state index in [2.05, 4.69) is 39.5 Å². The Kier molecular flexibility index (Phi) is 3.58. The van der Waals surface area contributed by atoms with E-state index >= 15 is 0 Å². The summed E-state index contributed by atoms with van der Waals surface area (Å²) < 4.78 is 5.91. The minimum Gasteiger partial charge on any atom is -0.370 e. The van der Waals surface area contributed by atoms with Gasteiger partial charge in [-0.1, -0.05) is 13.8 Å². The number of ketones is 1. The Hall–Kier alpha value is -0.410. The van der Waals surface area contributed by atoms with Gasteiger partial charge in [0.15, 0.2) is 0 Å². The van der Waals surface area contributed by atoms with Crippen LogP contribution in [0.1, 0.15) is 47.5 Å². The van der Waals surface area contributed by atoms with Gasteiger partial charge in [0.05, 0.1) is 11.7 Å². The number of carbonyl (C=O) groups is 1. The summed E-state index contributed by atoms with van der Waals surface area (Å²) in [5, 5.41) is 0. The highest BCUT2D eigenvalue weighted by molar-refractivity contribution is 5.88. The summed E-state index contributed by atoms with van der Waals surface area (Å²) in [6, 6.07) is 0. The van der Waals surface area contributed by atoms with E-state index < -0.39 is 0 Å². The minimum atomic E-state index is -0.0991. The molecule has 18 heavy (non-hydrogen) atoms. The van der Waals surface area contributed by atoms with Gasteiger partial charge in [0, 0.05) is 31.0 Å². The SMILES string of the molecule is CC1CN(CC2CCC(C)(C)C2=O)CC(C)(C)O1. The monoisotopic (exact) mass is 253 g/mol. The van der Waals surface area contributed by atoms with Crippen molar-refractivity contribution in [1.29, 1.82) is 0 Å². The molecule has 0 radical (unpaired) electrons. The van der Waals surface area contributed by atoms with Gasteiger partial charge in [-0.25, -0.2) is 0 Å². The molecule has 3 nitrogen and oxygen atoms in total. The Morgan fingerprint density at radius 2 is 2.00 bits per heavy atom. The van der Waals surface area contributed by atoms with Crippen molar-refractivity contribution in [3.63, 3.8) is 0 Å². The summed E-state index contributed by atoms with van der Waals surface area (Å²) in [7, 11) is 0. The van der Waals surface area contributed by atoms with Crippen LogP contribution in [0.3, 0.4) is 0 Å². The molecule has 2 rings (SSSR count). The molecule has 0 amide bonds. The standard InChI is InChI=1S/C15H27NO2/c1-11-8-16(10-15(4,5)18-11)9-12-6-7-14(2,3)13(12)17/h11-12H,6-10H2,1-5H3. The van der Waals surface area contributed by atoms with Crippen molar-refractivity contribution in [3.8, 4) is 0 Å². The second-order valence-corrected chi connectivity index (χ2v) is 7.37. The molecule has 104 valence electrons. The largest absolute Gasteiger partial charge is 0.370 e. The maximum absolute atomic E-state index is 12.3. The van der Waals surface area contributed by atoms with Crippen molar-refractivity contribution >= 4 is 5.78 Å². The molecule has 0 N–H and O–H groups in total. The molecule has 0 aromatic carbocycles. The number of morpholine rings is 1. The minimum absolute atomic E-state index is 0.0885. The molecule has 1 aliphatic carbocycles. The molecule has 1 heterocycles. The molecule has 2 unspecified atom stereocenters. The van der Waals surface area contributed by atoms with E-state index in [9.17, 15) is 4.79 Å². The Balaban J connectivity index is 1.96. The third kappa shape index (κ3) is 2.94. The first-order valence-corrected chi connectivity index (χ1v) is 7.14. The zero-order valence-corrected chi connectivity index (χ0v) is 12.5. The normalized spacial score (nSPS) is 35.9. The second kappa shape index (κ2) is 4.61. The van der Waals surface area contributed by atoms with E-state index in [0.29, 0.717) is 5.78 Å². The smallest absolute Gasteiger partial charge is 0.142 e. The van der Waals surface area contributed by atoms with E-state index in [1.54, 1.807) is 0 Å². The highest BCUT2D eigenvalue weighted by Crippen LogP contribution is 2.38. The van der Waals surface area contributed by atoms with Gasteiger partial charge in [-0.05, 0) is 33.6 Å². The molecule has 1 saturated heterocycles. The van der Waals surface area contributed by atoms with Crippen LogP contribution in [0.2, 0.25) is 0 Å². The van der Waals surface area contributed by atoms with Crippen LogP contribution in [0.4, 0.5) is 0 Å². The predicted molar refractivity (Wildman–Crippen MR) is 72.6 cm³/mol. The van der Waals surface area contributed by atoms with Gasteiger partial charge in [-0.3, -0.25) is 9.69 Å². The van der Waals surface area contributed by atoms with Crippen molar-refractivity contribution < 1.29 is 9.53 Å². The third-order valence-electron chi connectivity index (χ3n) is 4.27. The Morgan fingerprint density at radius 3 is 2.50 bits per heavy atom. The van der Waals surface area contributed by atoms with Gasteiger partial charge in [-0.2, -0.15) is 0 Å². The number of Topliss-reactive ketones (excluding diaryl/α,β-unsaturated/α-hetero) is 1. The lowest BCUT2D eigenvalue weighted by atomic mass is 9.89. The van der Waals surface area contributed by atoms with Crippen LogP contribution in [-0.2, 0) is 9.53 Å². The van der Waals surface area contributed by atoms with Crippen molar-refractivity contribution in [2.45, 2.75) is 59.2 Å². The summed E-state index contributed by atoms with van der Waals surface area (Å²) in [6.45, 7) is 13.4. The van der Waals surface area contributed by atoms with Gasteiger partial charge in [0.2, 0.25) is 0 Å². The number of hydrogen-bond donors (Lipinski definition) is 0. The first kappa shape index (κ1) is 14.0. The molecular formula is C15H27NO2. The molecule has 2 atom stereocenters. The average Bonchev–Trinajstić information content (AvgIpc) is 2.42. The molecule has 1 saturated carbocycles. The van der Waals surface area contributed by atoms with Gasteiger partial charge in [0.25, 0.3) is 0 Å². The van der Waals surface area contributed by atoms with Crippen LogP contribution in [-0.4, -0.2) is 42.0 Å². The van der Waals surface area contributed by atoms with Crippen molar-refractivity contribution in [1.82, 2.24) is 4.90 Å². The Bertz CT molecular complexity index is 335. The first-order chi connectivity index (χ1) is 8.20. The molecule has 1 aliphatic heterocycles. The van der Waals surface area contributed by atoms with Gasteiger partial charge in [-0.15, -0.1) is 0 Å². The van der Waals surface area contributed by atoms with Crippen molar-refractivity contribution in [3.05, 3.63) is 0 Å². The maximum Gasteiger partial charge on any atom is 0.142 e. The second-order valence-electron chi connectivity index (χ2n) is 7.37. The highest BCUT2D eigenvalue weighted by atomic mass is 16.5. The Morgan fingerprint density at radius 1 is 1.33 bits per heavy atom. The summed E-state index contributed by atoms with van der Waals surface area (Å²) in [4.78, 5) is 14.7. The van der Waals surface area contributed by atoms with E-state index in [1.807, 2.05) is 0 Å². The van der Waals surface area contributed by atoms with Gasteiger partial charge >= 0.3 is 0 Å². The summed E-state index contributed by atoms with van der Waals surface area (Å²) in [6.07, 6.45) is 2.36. The Labute approximate surface area is 111 Å². The summed E-state index contributed by atoms with van der Waals surface area (Å²) >= 11 is 0. The van der Waals surface area contributed by atoms with Crippen LogP contribution in [0.25, 0.3) is 0 Å². The first-order valence-electron chi connectivity index (χ1n) is 7.14. The van der Waals surface area contributed by atoms with Crippen LogP contribution >= 0.6 is 0 Å². The molecule has 3 heteroatoms. The number of hydrogen-bond acceptors (Lipinski definition) is 3. The van der Waals surface area contributed by atoms with E-state index in [1.165, 1.54) is 0 Å². The lowest BCUT2D eigenvalue weighted by molar-refractivity contribution is -0.138. The highest BCUT2D eigenvalue weighted by Gasteiger charge is 2.42. The molecule has 2 fully saturated rings. The zero-order chi connectivity index (χ0) is 13.6. The zero-order valence-electron chi connectivity index (χ0n) is 12.5. The summed E-state index contributed by atoms with van der Waals surface area (Å²) in [5.41, 5.74) is -0.188. The molecule has 0 aromatic heterocycles. The topological polar surface area (TPSA) is 29.5 Å². The van der Waals surface area contributed by atoms with E-state index in [0.717, 1.165) is 32.5 Å². The van der Waals surface area contributed by atoms with Gasteiger partial charge in [0.1, 0.15) is 5.78 Å². The van der Waals surface area contributed by atoms with Crippen LogP contribution in [0.5, 0.6) is 0 Å². The van der Waals surface area contributed by atoms with Crippen LogP contribution < -0.4 is 0 Å². The lowest BCUT2D eigenvalue weighted by Crippen LogP contribution is -2.53. The molecular weight excluding hydrogens is 226 g/mol. The maximum atomic E-state index is 12.3. The van der Waals surface area contributed by atoms with Crippen LogP contribution in [0, 0.1) is 11.3 Å². The van der Waals surface area contributed by atoms with Crippen molar-refractivity contribution in [2.75, 3.05) is 19.6 Å². The molecule has 0 spiro atoms. The lowest BCUT2D eigenvalue weighted by Gasteiger charge is -2.42. The summed E-state index contributed by atoms with van der Waals surface area (Å²) in [5.74, 6) is 0.695.